The summed E-state index contributed by atoms with van der Waals surface area (Å²) in [7, 11) is 8.12. The predicted octanol–water partition coefficient (Wildman–Crippen LogP) is 4.18. The molecule has 1 heterocycles. The van der Waals surface area contributed by atoms with Gasteiger partial charge in [-0.3, -0.25) is 14.3 Å². The van der Waals surface area contributed by atoms with Crippen molar-refractivity contribution in [1.29, 1.82) is 0 Å². The Labute approximate surface area is 206 Å². The summed E-state index contributed by atoms with van der Waals surface area (Å²) in [5, 5.41) is 0. The van der Waals surface area contributed by atoms with Crippen LogP contribution in [-0.2, 0) is 19.6 Å². The lowest BCUT2D eigenvalue weighted by atomic mass is 10.0. The third-order valence-corrected chi connectivity index (χ3v) is 6.32. The Kier molecular flexibility index (Phi) is 11.1. The zero-order valence-corrected chi connectivity index (χ0v) is 22.2. The monoisotopic (exact) mass is 516 g/mol. The smallest absolute Gasteiger partial charge is 0.305 e. The van der Waals surface area contributed by atoms with E-state index in [0.29, 0.717) is 12.1 Å². The van der Waals surface area contributed by atoms with Crippen LogP contribution >= 0.6 is 15.9 Å². The molecule has 6 nitrogen and oxygen atoms in total. The number of benzene rings is 1. The van der Waals surface area contributed by atoms with Crippen LogP contribution in [-0.4, -0.2) is 47.5 Å². The number of aryl methyl sites for hydroxylation is 1. The van der Waals surface area contributed by atoms with E-state index in [4.69, 9.17) is 0 Å². The van der Waals surface area contributed by atoms with Gasteiger partial charge in [-0.15, -0.1) is 0 Å². The van der Waals surface area contributed by atoms with Gasteiger partial charge in [0, 0.05) is 35.9 Å². The number of aromatic amines is 1. The molecule has 0 unspecified atom stereocenters. The minimum absolute atomic E-state index is 0.312. The number of aromatic nitrogens is 2. The zero-order chi connectivity index (χ0) is 24.4. The van der Waals surface area contributed by atoms with Crippen molar-refractivity contribution < 1.29 is 0 Å². The number of hydrogen-bond acceptors (Lipinski definition) is 4. The molecule has 0 atom stereocenters. The van der Waals surface area contributed by atoms with Crippen LogP contribution in [0.25, 0.3) is 0 Å². The molecule has 7 heteroatoms. The van der Waals surface area contributed by atoms with Gasteiger partial charge in [0.1, 0.15) is 5.56 Å². The summed E-state index contributed by atoms with van der Waals surface area (Å²) in [5.41, 5.74) is 2.64. The molecule has 0 amide bonds. The molecule has 0 saturated heterocycles. The highest BCUT2D eigenvalue weighted by molar-refractivity contribution is 9.10. The summed E-state index contributed by atoms with van der Waals surface area (Å²) < 4.78 is 2.66. The minimum Gasteiger partial charge on any atom is -0.305 e. The average Bonchev–Trinajstić information content (AvgIpc) is 2.73. The van der Waals surface area contributed by atoms with Crippen LogP contribution in [0, 0.1) is 11.8 Å². The van der Waals surface area contributed by atoms with E-state index in [0.717, 1.165) is 47.1 Å². The lowest BCUT2D eigenvalue weighted by molar-refractivity contribution is 0.394. The van der Waals surface area contributed by atoms with Crippen molar-refractivity contribution in [3.05, 3.63) is 65.9 Å². The maximum atomic E-state index is 12.3. The van der Waals surface area contributed by atoms with Gasteiger partial charge in [-0.25, -0.2) is 4.79 Å². The largest absolute Gasteiger partial charge is 0.328 e. The van der Waals surface area contributed by atoms with Crippen molar-refractivity contribution in [2.24, 2.45) is 0 Å². The lowest BCUT2D eigenvalue weighted by Gasteiger charge is -2.17. The van der Waals surface area contributed by atoms with Crippen LogP contribution in [0.15, 0.2) is 32.4 Å². The van der Waals surface area contributed by atoms with E-state index in [1.165, 1.54) is 25.7 Å². The van der Waals surface area contributed by atoms with E-state index in [2.05, 4.69) is 61.6 Å². The van der Waals surface area contributed by atoms with Gasteiger partial charge in [-0.05, 0) is 57.9 Å². The molecule has 0 bridgehead atoms. The summed E-state index contributed by atoms with van der Waals surface area (Å²) in [5.74, 6) is 6.15. The first-order valence-electron chi connectivity index (χ1n) is 11.7. The highest BCUT2D eigenvalue weighted by atomic mass is 79.9. The van der Waals surface area contributed by atoms with Gasteiger partial charge in [0.25, 0.3) is 5.56 Å². The average molecular weight is 518 g/mol. The molecule has 2 rings (SSSR count). The van der Waals surface area contributed by atoms with E-state index in [9.17, 15) is 9.59 Å². The van der Waals surface area contributed by atoms with Crippen LogP contribution in [0.1, 0.15) is 67.7 Å². The second-order valence-electron chi connectivity index (χ2n) is 9.10. The van der Waals surface area contributed by atoms with Crippen LogP contribution in [0.3, 0.4) is 0 Å². The first kappa shape index (κ1) is 27.1. The Hall–Kier alpha value is -2.14. The van der Waals surface area contributed by atoms with E-state index in [1.807, 2.05) is 28.2 Å². The molecule has 0 aliphatic heterocycles. The van der Waals surface area contributed by atoms with E-state index < -0.39 is 5.56 Å². The molecule has 0 fully saturated rings. The normalized spacial score (nSPS) is 11.2. The van der Waals surface area contributed by atoms with Gasteiger partial charge in [0.05, 0.1) is 0 Å². The van der Waals surface area contributed by atoms with Gasteiger partial charge in [0.15, 0.2) is 0 Å². The first-order chi connectivity index (χ1) is 15.7. The fraction of sp³-hybridized carbons (Fsp3) is 0.538. The van der Waals surface area contributed by atoms with Crippen LogP contribution in [0.5, 0.6) is 0 Å². The number of nitrogens with one attached hydrogen (secondary N) is 1. The summed E-state index contributed by atoms with van der Waals surface area (Å²) in [6.07, 6.45) is 8.46. The summed E-state index contributed by atoms with van der Waals surface area (Å²) in [4.78, 5) is 31.2. The molecule has 0 aliphatic carbocycles. The van der Waals surface area contributed by atoms with Gasteiger partial charge in [-0.1, -0.05) is 66.8 Å². The third kappa shape index (κ3) is 8.96. The Balaban J connectivity index is 2.28. The highest BCUT2D eigenvalue weighted by Gasteiger charge is 2.10. The molecule has 1 aromatic carbocycles. The predicted molar refractivity (Wildman–Crippen MR) is 140 cm³/mol. The molecule has 0 spiro atoms. The Morgan fingerprint density at radius 3 is 2.06 bits per heavy atom. The molecule has 1 N–H and O–H groups in total. The van der Waals surface area contributed by atoms with Crippen molar-refractivity contribution in [3.8, 4) is 11.8 Å². The molecular formula is C26H37BrN4O2. The van der Waals surface area contributed by atoms with Crippen LogP contribution in [0.2, 0.25) is 0 Å². The number of rotatable bonds is 11. The first-order valence-corrected chi connectivity index (χ1v) is 12.5. The fourth-order valence-corrected chi connectivity index (χ4v) is 4.18. The molecule has 2 aromatic rings. The summed E-state index contributed by atoms with van der Waals surface area (Å²) in [6.45, 7) is 4.35. The van der Waals surface area contributed by atoms with Crippen LogP contribution < -0.4 is 11.2 Å². The summed E-state index contributed by atoms with van der Waals surface area (Å²) in [6, 6.07) is 4.10. The summed E-state index contributed by atoms with van der Waals surface area (Å²) >= 11 is 3.75. The lowest BCUT2D eigenvalue weighted by Crippen LogP contribution is -2.31. The Morgan fingerprint density at radius 1 is 0.909 bits per heavy atom. The van der Waals surface area contributed by atoms with Gasteiger partial charge >= 0.3 is 5.69 Å². The molecule has 0 aliphatic rings. The zero-order valence-electron chi connectivity index (χ0n) is 20.6. The third-order valence-electron chi connectivity index (χ3n) is 5.30. The second kappa shape index (κ2) is 13.5. The standard InChI is InChI=1S/C26H37BrN4O2/c1-6-7-8-9-10-11-14-31-19-21(25(32)28-26(31)33)13-12-20-15-22(17-29(2)3)24(27)23(16-20)18-30(4)5/h15-16,19H,6-11,14,17-18H2,1-5H3,(H,28,32,33). The van der Waals surface area contributed by atoms with Gasteiger partial charge in [-0.2, -0.15) is 0 Å². The van der Waals surface area contributed by atoms with Crippen molar-refractivity contribution in [1.82, 2.24) is 19.4 Å². The molecule has 1 aromatic heterocycles. The topological polar surface area (TPSA) is 61.3 Å². The van der Waals surface area contributed by atoms with Crippen LogP contribution in [0.4, 0.5) is 0 Å². The maximum absolute atomic E-state index is 12.3. The van der Waals surface area contributed by atoms with Crippen molar-refractivity contribution in [2.75, 3.05) is 28.2 Å². The fourth-order valence-electron chi connectivity index (χ4n) is 3.70. The number of hydrogen-bond donors (Lipinski definition) is 1. The molecular weight excluding hydrogens is 480 g/mol. The maximum Gasteiger partial charge on any atom is 0.328 e. The van der Waals surface area contributed by atoms with E-state index >= 15 is 0 Å². The number of unbranched alkanes of at least 4 members (excludes halogenated alkanes) is 5. The highest BCUT2D eigenvalue weighted by Crippen LogP contribution is 2.26. The molecule has 0 radical (unpaired) electrons. The Morgan fingerprint density at radius 2 is 1.48 bits per heavy atom. The molecule has 180 valence electrons. The molecule has 33 heavy (non-hydrogen) atoms. The minimum atomic E-state index is -0.439. The van der Waals surface area contributed by atoms with Gasteiger partial charge in [0.2, 0.25) is 0 Å². The van der Waals surface area contributed by atoms with Crippen molar-refractivity contribution in [2.45, 2.75) is 65.1 Å². The van der Waals surface area contributed by atoms with Gasteiger partial charge < -0.3 is 9.80 Å². The van der Waals surface area contributed by atoms with Crippen molar-refractivity contribution >= 4 is 15.9 Å². The second-order valence-corrected chi connectivity index (χ2v) is 9.89. The van der Waals surface area contributed by atoms with E-state index in [1.54, 1.807) is 10.8 Å². The number of halogens is 1. The SMILES string of the molecule is CCCCCCCCn1cc(C#Cc2cc(CN(C)C)c(Br)c(CN(C)C)c2)c(=O)[nH]c1=O. The van der Waals surface area contributed by atoms with Crippen molar-refractivity contribution in [3.63, 3.8) is 0 Å². The molecule has 0 saturated carbocycles. The number of H-pyrrole nitrogens is 1. The quantitative estimate of drug-likeness (QED) is 0.359. The van der Waals surface area contributed by atoms with E-state index in [-0.39, 0.29) is 5.69 Å². The Bertz CT molecular complexity index is 1060. The number of nitrogens with zero attached hydrogens (tertiary/aromatic N) is 3.